The number of nitrogens with one attached hydrogen (secondary N) is 1. The molecular weight excluding hydrogens is 362 g/mol. The summed E-state index contributed by atoms with van der Waals surface area (Å²) in [6, 6.07) is 9.20. The van der Waals surface area contributed by atoms with Gasteiger partial charge in [-0.25, -0.2) is 4.98 Å². The Hall–Kier alpha value is -2.69. The molecule has 1 unspecified atom stereocenters. The predicted octanol–water partition coefficient (Wildman–Crippen LogP) is 3.23. The van der Waals surface area contributed by atoms with E-state index in [0.717, 1.165) is 35.7 Å². The molecule has 0 aliphatic carbocycles. The maximum Gasteiger partial charge on any atom is 0.262 e. The summed E-state index contributed by atoms with van der Waals surface area (Å²) < 4.78 is 11.2. The fourth-order valence-electron chi connectivity index (χ4n) is 2.71. The van der Waals surface area contributed by atoms with Gasteiger partial charge in [-0.2, -0.15) is 5.26 Å². The number of aromatic nitrogens is 1. The lowest BCUT2D eigenvalue weighted by Crippen LogP contribution is -2.32. The summed E-state index contributed by atoms with van der Waals surface area (Å²) in [5.41, 5.74) is 1.73. The maximum absolute atomic E-state index is 12.2. The van der Waals surface area contributed by atoms with Crippen molar-refractivity contribution in [3.8, 4) is 11.8 Å². The molecule has 1 fully saturated rings. The van der Waals surface area contributed by atoms with Gasteiger partial charge >= 0.3 is 0 Å². The average Bonchev–Trinajstić information content (AvgIpc) is 3.35. The van der Waals surface area contributed by atoms with Gasteiger partial charge in [0.2, 0.25) is 0 Å². The van der Waals surface area contributed by atoms with Gasteiger partial charge in [-0.3, -0.25) is 4.79 Å². The molecular formula is C20H21N3O3S. The van der Waals surface area contributed by atoms with Crippen LogP contribution in [-0.4, -0.2) is 30.1 Å². The Morgan fingerprint density at radius 1 is 1.48 bits per heavy atom. The van der Waals surface area contributed by atoms with Crippen molar-refractivity contribution in [2.45, 2.75) is 32.5 Å². The Bertz CT molecular complexity index is 846. The van der Waals surface area contributed by atoms with Gasteiger partial charge in [0.25, 0.3) is 5.91 Å². The van der Waals surface area contributed by atoms with Crippen molar-refractivity contribution in [1.29, 1.82) is 5.26 Å². The zero-order valence-electron chi connectivity index (χ0n) is 15.1. The molecule has 6 nitrogen and oxygen atoms in total. The molecule has 1 aromatic carbocycles. The standard InChI is InChI=1S/C20H21N3O3S/c1-14-23-17(13-27-14)12-26-18-6-4-15(5-7-18)9-16(10-21)20(24)22-11-19-3-2-8-25-19/h4-7,9,13,19H,2-3,8,11-12H2,1H3,(H,22,24)/b16-9+. The molecule has 27 heavy (non-hydrogen) atoms. The molecule has 0 radical (unpaired) electrons. The lowest BCUT2D eigenvalue weighted by Gasteiger charge is -2.10. The first kappa shape index (κ1) is 19.1. The van der Waals surface area contributed by atoms with Crippen molar-refractivity contribution in [2.24, 2.45) is 0 Å². The van der Waals surface area contributed by atoms with E-state index in [4.69, 9.17) is 9.47 Å². The number of ether oxygens (including phenoxy) is 2. The number of nitriles is 1. The van der Waals surface area contributed by atoms with Gasteiger partial charge in [0.1, 0.15) is 24.0 Å². The number of rotatable bonds is 7. The molecule has 2 aromatic rings. The largest absolute Gasteiger partial charge is 0.487 e. The number of hydrogen-bond donors (Lipinski definition) is 1. The van der Waals surface area contributed by atoms with Crippen molar-refractivity contribution in [1.82, 2.24) is 10.3 Å². The minimum atomic E-state index is -0.382. The number of hydrogen-bond acceptors (Lipinski definition) is 6. The SMILES string of the molecule is Cc1nc(COc2ccc(/C=C(\C#N)C(=O)NCC3CCCO3)cc2)cs1. The fraction of sp³-hybridized carbons (Fsp3) is 0.350. The number of carbonyl (C=O) groups excluding carboxylic acids is 1. The second-order valence-electron chi connectivity index (χ2n) is 6.23. The zero-order chi connectivity index (χ0) is 19.1. The highest BCUT2D eigenvalue weighted by atomic mass is 32.1. The van der Waals surface area contributed by atoms with Gasteiger partial charge in [-0.05, 0) is 43.5 Å². The number of amides is 1. The molecule has 1 amide bonds. The van der Waals surface area contributed by atoms with Crippen LogP contribution in [0.3, 0.4) is 0 Å². The summed E-state index contributed by atoms with van der Waals surface area (Å²) in [4.78, 5) is 16.5. The normalized spacial score (nSPS) is 16.7. The quantitative estimate of drug-likeness (QED) is 0.586. The third-order valence-electron chi connectivity index (χ3n) is 4.12. The number of carbonyl (C=O) groups is 1. The van der Waals surface area contributed by atoms with E-state index in [2.05, 4.69) is 10.3 Å². The molecule has 1 aliphatic heterocycles. The van der Waals surface area contributed by atoms with Crippen LogP contribution in [0.1, 0.15) is 29.1 Å². The fourth-order valence-corrected chi connectivity index (χ4v) is 3.31. The Kier molecular flexibility index (Phi) is 6.58. The van der Waals surface area contributed by atoms with Gasteiger partial charge in [-0.1, -0.05) is 12.1 Å². The van der Waals surface area contributed by atoms with E-state index in [-0.39, 0.29) is 17.6 Å². The van der Waals surface area contributed by atoms with Gasteiger partial charge in [0.05, 0.1) is 16.8 Å². The number of benzene rings is 1. The van der Waals surface area contributed by atoms with Crippen LogP contribution in [0.25, 0.3) is 6.08 Å². The monoisotopic (exact) mass is 383 g/mol. The first-order chi connectivity index (χ1) is 13.1. The van der Waals surface area contributed by atoms with Crippen molar-refractivity contribution >= 4 is 23.3 Å². The summed E-state index contributed by atoms with van der Waals surface area (Å²) >= 11 is 1.59. The summed E-state index contributed by atoms with van der Waals surface area (Å²) in [6.07, 6.45) is 3.57. The Morgan fingerprint density at radius 3 is 2.93 bits per heavy atom. The Balaban J connectivity index is 1.55. The highest BCUT2D eigenvalue weighted by Gasteiger charge is 2.17. The van der Waals surface area contributed by atoms with E-state index in [9.17, 15) is 10.1 Å². The smallest absolute Gasteiger partial charge is 0.262 e. The third-order valence-corrected chi connectivity index (χ3v) is 4.95. The topological polar surface area (TPSA) is 84.2 Å². The molecule has 140 valence electrons. The minimum absolute atomic E-state index is 0.0480. The molecule has 2 heterocycles. The first-order valence-electron chi connectivity index (χ1n) is 8.79. The summed E-state index contributed by atoms with van der Waals surface area (Å²) in [6.45, 7) is 3.53. The molecule has 1 atom stereocenters. The van der Waals surface area contributed by atoms with E-state index >= 15 is 0 Å². The molecule has 0 saturated carbocycles. The maximum atomic E-state index is 12.2. The number of thiazole rings is 1. The van der Waals surface area contributed by atoms with Gasteiger partial charge in [0, 0.05) is 18.5 Å². The van der Waals surface area contributed by atoms with Crippen LogP contribution < -0.4 is 10.1 Å². The number of aryl methyl sites for hydroxylation is 1. The van der Waals surface area contributed by atoms with Crippen LogP contribution in [0.5, 0.6) is 5.75 Å². The predicted molar refractivity (Wildman–Crippen MR) is 103 cm³/mol. The van der Waals surface area contributed by atoms with Crippen LogP contribution in [0, 0.1) is 18.3 Å². The summed E-state index contributed by atoms with van der Waals surface area (Å²) in [7, 11) is 0. The van der Waals surface area contributed by atoms with Crippen LogP contribution in [0.15, 0.2) is 35.2 Å². The van der Waals surface area contributed by atoms with Gasteiger partial charge in [0.15, 0.2) is 0 Å². The highest BCUT2D eigenvalue weighted by molar-refractivity contribution is 7.09. The molecule has 1 aliphatic rings. The van der Waals surface area contributed by atoms with Crippen molar-refractivity contribution in [2.75, 3.05) is 13.2 Å². The van der Waals surface area contributed by atoms with E-state index in [0.29, 0.717) is 18.9 Å². The third kappa shape index (κ3) is 5.64. The van der Waals surface area contributed by atoms with E-state index in [1.54, 1.807) is 17.4 Å². The van der Waals surface area contributed by atoms with Gasteiger partial charge in [-0.15, -0.1) is 11.3 Å². The van der Waals surface area contributed by atoms with E-state index in [1.807, 2.05) is 42.6 Å². The Labute approximate surface area is 162 Å². The lowest BCUT2D eigenvalue weighted by molar-refractivity contribution is -0.117. The molecule has 1 aromatic heterocycles. The van der Waals surface area contributed by atoms with Crippen LogP contribution in [0.2, 0.25) is 0 Å². The van der Waals surface area contributed by atoms with Crippen LogP contribution in [0.4, 0.5) is 0 Å². The second-order valence-corrected chi connectivity index (χ2v) is 7.29. The highest BCUT2D eigenvalue weighted by Crippen LogP contribution is 2.17. The van der Waals surface area contributed by atoms with E-state index < -0.39 is 0 Å². The van der Waals surface area contributed by atoms with Crippen molar-refractivity contribution in [3.05, 3.63) is 51.5 Å². The molecule has 0 spiro atoms. The van der Waals surface area contributed by atoms with Crippen LogP contribution >= 0.6 is 11.3 Å². The average molecular weight is 383 g/mol. The molecule has 3 rings (SSSR count). The molecule has 7 heteroatoms. The minimum Gasteiger partial charge on any atom is -0.487 e. The molecule has 1 saturated heterocycles. The van der Waals surface area contributed by atoms with Crippen LogP contribution in [-0.2, 0) is 16.1 Å². The zero-order valence-corrected chi connectivity index (χ0v) is 15.9. The molecule has 1 N–H and O–H groups in total. The molecule has 0 bridgehead atoms. The van der Waals surface area contributed by atoms with Crippen molar-refractivity contribution in [3.63, 3.8) is 0 Å². The number of nitrogens with zero attached hydrogens (tertiary/aromatic N) is 2. The summed E-state index contributed by atoms with van der Waals surface area (Å²) in [5.74, 6) is 0.325. The second kappa shape index (κ2) is 9.31. The Morgan fingerprint density at radius 2 is 2.30 bits per heavy atom. The lowest BCUT2D eigenvalue weighted by atomic mass is 10.1. The van der Waals surface area contributed by atoms with Crippen molar-refractivity contribution < 1.29 is 14.3 Å². The summed E-state index contributed by atoms with van der Waals surface area (Å²) in [5, 5.41) is 15.0. The van der Waals surface area contributed by atoms with E-state index in [1.165, 1.54) is 0 Å². The van der Waals surface area contributed by atoms with Gasteiger partial charge < -0.3 is 14.8 Å². The first-order valence-corrected chi connectivity index (χ1v) is 9.67.